The van der Waals surface area contributed by atoms with Crippen LogP contribution in [0.4, 0.5) is 5.69 Å². The van der Waals surface area contributed by atoms with E-state index in [1.807, 2.05) is 36.4 Å². The van der Waals surface area contributed by atoms with Crippen molar-refractivity contribution < 1.29 is 14.6 Å². The number of fused-ring (bicyclic) bond motifs is 2. The molecule has 5 rings (SSSR count). The highest BCUT2D eigenvalue weighted by Gasteiger charge is 2.29. The molecule has 1 heterocycles. The van der Waals surface area contributed by atoms with Gasteiger partial charge in [0.25, 0.3) is 0 Å². The topological polar surface area (TPSA) is 58.6 Å². The first kappa shape index (κ1) is 28.4. The van der Waals surface area contributed by atoms with E-state index >= 15 is 0 Å². The van der Waals surface area contributed by atoms with Crippen LogP contribution in [0, 0.1) is 11.8 Å². The summed E-state index contributed by atoms with van der Waals surface area (Å²) in [5.74, 6) is 2.70. The summed E-state index contributed by atoms with van der Waals surface area (Å²) in [5, 5.41) is 13.4. The van der Waals surface area contributed by atoms with Crippen LogP contribution in [0.2, 0.25) is 0 Å². The third-order valence-corrected chi connectivity index (χ3v) is 8.86. The normalized spacial score (nSPS) is 16.5. The molecule has 4 nitrogen and oxygen atoms in total. The van der Waals surface area contributed by atoms with Gasteiger partial charge in [0.1, 0.15) is 11.5 Å². The van der Waals surface area contributed by atoms with E-state index in [0.29, 0.717) is 12.3 Å². The molecule has 3 aromatic rings. The molecule has 1 aliphatic carbocycles. The molecule has 2 N–H and O–H groups in total. The van der Waals surface area contributed by atoms with Crippen LogP contribution in [0.1, 0.15) is 100 Å². The quantitative estimate of drug-likeness (QED) is 0.286. The number of rotatable bonds is 9. The van der Waals surface area contributed by atoms with Gasteiger partial charge in [0.15, 0.2) is 0 Å². The molecule has 0 bridgehead atoms. The van der Waals surface area contributed by atoms with Crippen LogP contribution < -0.4 is 10.1 Å². The standard InChI is InChI=1S/C36H45NO3/c1-36(2,3)31-20-19-26(17-18-27(24-38)21-25-11-5-4-6-12-25)22-32(31)37-35(39)23-30-28-13-7-9-15-33(28)40-34-16-10-8-14-29(30)34/h7-10,13-16,19-20,22,25,27,30,38H,4-6,11-12,17-18,21,23-24H2,1-3H3,(H,37,39). The van der Waals surface area contributed by atoms with Crippen molar-refractivity contribution >= 4 is 11.6 Å². The van der Waals surface area contributed by atoms with E-state index in [1.165, 1.54) is 37.7 Å². The van der Waals surface area contributed by atoms with E-state index in [1.54, 1.807) is 0 Å². The minimum absolute atomic E-state index is 0.00434. The second kappa shape index (κ2) is 12.6. The summed E-state index contributed by atoms with van der Waals surface area (Å²) in [6.45, 7) is 6.83. The first-order valence-electron chi connectivity index (χ1n) is 15.2. The van der Waals surface area contributed by atoms with E-state index < -0.39 is 0 Å². The Kier molecular flexibility index (Phi) is 8.95. The van der Waals surface area contributed by atoms with Gasteiger partial charge < -0.3 is 15.2 Å². The van der Waals surface area contributed by atoms with Crippen LogP contribution in [0.25, 0.3) is 0 Å². The fourth-order valence-corrected chi connectivity index (χ4v) is 6.67. The zero-order valence-electron chi connectivity index (χ0n) is 24.4. The lowest BCUT2D eigenvalue weighted by Gasteiger charge is -2.28. The van der Waals surface area contributed by atoms with Gasteiger partial charge in [-0.2, -0.15) is 0 Å². The maximum absolute atomic E-state index is 13.6. The van der Waals surface area contributed by atoms with Crippen LogP contribution in [-0.2, 0) is 16.6 Å². The minimum Gasteiger partial charge on any atom is -0.457 e. The SMILES string of the molecule is CC(C)(C)c1ccc(CCC(CO)CC2CCCCC2)cc1NC(=O)CC1c2ccccc2Oc2ccccc21. The number of hydrogen-bond donors (Lipinski definition) is 2. The average Bonchev–Trinajstić information content (AvgIpc) is 2.95. The van der Waals surface area contributed by atoms with Crippen LogP contribution in [0.15, 0.2) is 66.7 Å². The van der Waals surface area contributed by atoms with Gasteiger partial charge in [-0.25, -0.2) is 0 Å². The Hall–Kier alpha value is -3.11. The Morgan fingerprint density at radius 1 is 0.950 bits per heavy atom. The van der Waals surface area contributed by atoms with Gasteiger partial charge in [0.2, 0.25) is 5.91 Å². The number of anilines is 1. The van der Waals surface area contributed by atoms with Crippen molar-refractivity contribution in [3.8, 4) is 11.5 Å². The number of nitrogens with one attached hydrogen (secondary N) is 1. The molecule has 1 amide bonds. The van der Waals surface area contributed by atoms with E-state index in [0.717, 1.165) is 59.1 Å². The Morgan fingerprint density at radius 2 is 1.60 bits per heavy atom. The Balaban J connectivity index is 1.31. The lowest BCUT2D eigenvalue weighted by Crippen LogP contribution is -2.22. The molecule has 1 aliphatic heterocycles. The van der Waals surface area contributed by atoms with Crippen LogP contribution in [0.5, 0.6) is 11.5 Å². The predicted octanol–water partition coefficient (Wildman–Crippen LogP) is 8.76. The summed E-state index contributed by atoms with van der Waals surface area (Å²) >= 11 is 0. The van der Waals surface area contributed by atoms with E-state index in [4.69, 9.17) is 4.74 Å². The van der Waals surface area contributed by atoms with Gasteiger partial charge in [0, 0.05) is 35.8 Å². The number of amides is 1. The number of carbonyl (C=O) groups excluding carboxylic acids is 1. The summed E-state index contributed by atoms with van der Waals surface area (Å²) < 4.78 is 6.14. The molecule has 1 atom stereocenters. The van der Waals surface area contributed by atoms with Gasteiger partial charge >= 0.3 is 0 Å². The summed E-state index contributed by atoms with van der Waals surface area (Å²) in [4.78, 5) is 13.6. The van der Waals surface area contributed by atoms with Crippen LogP contribution in [0.3, 0.4) is 0 Å². The monoisotopic (exact) mass is 539 g/mol. The molecule has 0 saturated heterocycles. The van der Waals surface area contributed by atoms with Crippen LogP contribution in [-0.4, -0.2) is 17.6 Å². The number of aryl methyl sites for hydroxylation is 1. The summed E-state index contributed by atoms with van der Waals surface area (Å²) in [6, 6.07) is 22.6. The number of para-hydroxylation sites is 2. The van der Waals surface area contributed by atoms with Crippen molar-refractivity contribution in [3.63, 3.8) is 0 Å². The van der Waals surface area contributed by atoms with E-state index in [-0.39, 0.29) is 23.8 Å². The number of carbonyl (C=O) groups is 1. The molecule has 2 aliphatic rings. The zero-order chi connectivity index (χ0) is 28.1. The molecule has 1 saturated carbocycles. The Morgan fingerprint density at radius 3 is 2.23 bits per heavy atom. The highest BCUT2D eigenvalue weighted by Crippen LogP contribution is 2.45. The predicted molar refractivity (Wildman–Crippen MR) is 163 cm³/mol. The molecular formula is C36H45NO3. The van der Waals surface area contributed by atoms with Crippen molar-refractivity contribution in [1.29, 1.82) is 0 Å². The molecule has 4 heteroatoms. The van der Waals surface area contributed by atoms with Crippen molar-refractivity contribution in [3.05, 3.63) is 89.0 Å². The van der Waals surface area contributed by atoms with E-state index in [9.17, 15) is 9.90 Å². The number of ether oxygens (including phenoxy) is 1. The third-order valence-electron chi connectivity index (χ3n) is 8.86. The second-order valence-corrected chi connectivity index (χ2v) is 12.9. The molecule has 40 heavy (non-hydrogen) atoms. The summed E-state index contributed by atoms with van der Waals surface area (Å²) in [7, 11) is 0. The maximum Gasteiger partial charge on any atom is 0.225 e. The van der Waals surface area contributed by atoms with Gasteiger partial charge in [-0.15, -0.1) is 0 Å². The van der Waals surface area contributed by atoms with Gasteiger partial charge in [0.05, 0.1) is 0 Å². The number of aliphatic hydroxyl groups is 1. The highest BCUT2D eigenvalue weighted by atomic mass is 16.5. The molecule has 3 aromatic carbocycles. The molecule has 1 fully saturated rings. The summed E-state index contributed by atoms with van der Waals surface area (Å²) in [5.41, 5.74) is 5.25. The largest absolute Gasteiger partial charge is 0.457 e. The lowest BCUT2D eigenvalue weighted by molar-refractivity contribution is -0.116. The Labute approximate surface area is 240 Å². The van der Waals surface area contributed by atoms with Crippen molar-refractivity contribution in [2.45, 2.75) is 89.9 Å². The van der Waals surface area contributed by atoms with Crippen LogP contribution >= 0.6 is 0 Å². The van der Waals surface area contributed by atoms with Gasteiger partial charge in [-0.05, 0) is 65.8 Å². The minimum atomic E-state index is -0.104. The number of hydrogen-bond acceptors (Lipinski definition) is 3. The fourth-order valence-electron chi connectivity index (χ4n) is 6.67. The first-order valence-corrected chi connectivity index (χ1v) is 15.2. The first-order chi connectivity index (χ1) is 19.3. The molecule has 212 valence electrons. The average molecular weight is 540 g/mol. The molecule has 1 unspecified atom stereocenters. The van der Waals surface area contributed by atoms with Crippen molar-refractivity contribution in [2.75, 3.05) is 11.9 Å². The maximum atomic E-state index is 13.6. The second-order valence-electron chi connectivity index (χ2n) is 12.9. The molecule has 0 radical (unpaired) electrons. The van der Waals surface area contributed by atoms with Gasteiger partial charge in [-0.3, -0.25) is 4.79 Å². The molecule has 0 aromatic heterocycles. The lowest BCUT2D eigenvalue weighted by atomic mass is 9.81. The smallest absolute Gasteiger partial charge is 0.225 e. The Bertz CT molecular complexity index is 1260. The highest BCUT2D eigenvalue weighted by molar-refractivity contribution is 5.93. The molecule has 0 spiro atoms. The summed E-state index contributed by atoms with van der Waals surface area (Å²) in [6.07, 6.45) is 10.0. The number of benzene rings is 3. The third kappa shape index (κ3) is 6.78. The van der Waals surface area contributed by atoms with Gasteiger partial charge in [-0.1, -0.05) is 101 Å². The zero-order valence-corrected chi connectivity index (χ0v) is 24.4. The van der Waals surface area contributed by atoms with Crippen molar-refractivity contribution in [2.24, 2.45) is 11.8 Å². The number of aliphatic hydroxyl groups excluding tert-OH is 1. The molecular weight excluding hydrogens is 494 g/mol. The van der Waals surface area contributed by atoms with Crippen molar-refractivity contribution in [1.82, 2.24) is 0 Å². The fraction of sp³-hybridized carbons (Fsp3) is 0.472. The van der Waals surface area contributed by atoms with E-state index in [2.05, 4.69) is 56.4 Å².